The van der Waals surface area contributed by atoms with Crippen LogP contribution in [-0.4, -0.2) is 22.2 Å². The number of hydrogen-bond acceptors (Lipinski definition) is 2. The number of amides is 1. The maximum atomic E-state index is 12.2. The molecule has 0 saturated heterocycles. The van der Waals surface area contributed by atoms with Crippen molar-refractivity contribution in [3.63, 3.8) is 0 Å². The van der Waals surface area contributed by atoms with Gasteiger partial charge in [0, 0.05) is 11.4 Å². The van der Waals surface area contributed by atoms with Crippen LogP contribution < -0.4 is 0 Å². The first-order valence-corrected chi connectivity index (χ1v) is 7.73. The van der Waals surface area contributed by atoms with Gasteiger partial charge in [-0.15, -0.1) is 11.3 Å². The molecule has 1 amide bonds. The predicted octanol–water partition coefficient (Wildman–Crippen LogP) is 4.17. The lowest BCUT2D eigenvalue weighted by Crippen LogP contribution is -2.37. The van der Waals surface area contributed by atoms with Crippen molar-refractivity contribution in [3.8, 4) is 0 Å². The Bertz CT molecular complexity index is 380. The molecule has 96 valence electrons. The van der Waals surface area contributed by atoms with Gasteiger partial charge in [-0.2, -0.15) is 0 Å². The summed E-state index contributed by atoms with van der Waals surface area (Å²) < 4.78 is 0.766. The minimum absolute atomic E-state index is 0.113. The third kappa shape index (κ3) is 4.27. The van der Waals surface area contributed by atoms with Gasteiger partial charge in [0.1, 0.15) is 0 Å². The molecule has 0 radical (unpaired) electrons. The zero-order chi connectivity index (χ0) is 13.0. The van der Waals surface area contributed by atoms with Gasteiger partial charge in [-0.05, 0) is 25.0 Å². The Kier molecular flexibility index (Phi) is 5.97. The van der Waals surface area contributed by atoms with Crippen LogP contribution >= 0.6 is 38.9 Å². The summed E-state index contributed by atoms with van der Waals surface area (Å²) in [6, 6.07) is 3.84. The molecule has 1 unspecified atom stereocenters. The van der Waals surface area contributed by atoms with Crippen LogP contribution in [0.4, 0.5) is 0 Å². The van der Waals surface area contributed by atoms with E-state index in [1.807, 2.05) is 37.8 Å². The number of carbonyl (C=O) groups is 1. The largest absolute Gasteiger partial charge is 0.337 e. The molecule has 5 heteroatoms. The van der Waals surface area contributed by atoms with Gasteiger partial charge in [0.2, 0.25) is 5.91 Å². The molecule has 0 fully saturated rings. The highest BCUT2D eigenvalue weighted by Gasteiger charge is 2.23. The van der Waals surface area contributed by atoms with E-state index in [4.69, 9.17) is 11.6 Å². The third-order valence-corrected chi connectivity index (χ3v) is 5.16. The quantitative estimate of drug-likeness (QED) is 0.738. The van der Waals surface area contributed by atoms with Gasteiger partial charge in [0.25, 0.3) is 0 Å². The zero-order valence-corrected chi connectivity index (χ0v) is 13.4. The van der Waals surface area contributed by atoms with E-state index in [-0.39, 0.29) is 10.7 Å². The number of thiophene rings is 1. The molecule has 1 aromatic rings. The Hall–Kier alpha value is -0.0600. The minimum atomic E-state index is -0.113. The van der Waals surface area contributed by atoms with E-state index < -0.39 is 0 Å². The lowest BCUT2D eigenvalue weighted by atomic mass is 10.1. The number of nitrogens with zero attached hydrogens (tertiary/aromatic N) is 1. The molecule has 0 aliphatic heterocycles. The van der Waals surface area contributed by atoms with Crippen molar-refractivity contribution in [2.24, 2.45) is 5.92 Å². The second kappa shape index (κ2) is 6.76. The molecular weight excluding hydrogens is 322 g/mol. The van der Waals surface area contributed by atoms with Gasteiger partial charge in [-0.1, -0.05) is 41.4 Å². The average molecular weight is 339 g/mol. The molecule has 17 heavy (non-hydrogen) atoms. The van der Waals surface area contributed by atoms with Crippen molar-refractivity contribution in [1.82, 2.24) is 4.90 Å². The van der Waals surface area contributed by atoms with E-state index in [0.717, 1.165) is 9.21 Å². The number of carbonyl (C=O) groups excluding carboxylic acids is 1. The summed E-state index contributed by atoms with van der Waals surface area (Å²) in [6.07, 6.45) is 0. The van der Waals surface area contributed by atoms with Crippen LogP contribution in [0.15, 0.2) is 12.1 Å². The van der Waals surface area contributed by atoms with E-state index in [0.29, 0.717) is 19.0 Å². The van der Waals surface area contributed by atoms with Crippen LogP contribution in [0.3, 0.4) is 0 Å². The van der Waals surface area contributed by atoms with Crippen LogP contribution in [0.25, 0.3) is 0 Å². The van der Waals surface area contributed by atoms with E-state index in [1.54, 1.807) is 0 Å². The van der Waals surface area contributed by atoms with Gasteiger partial charge in [0.05, 0.1) is 15.7 Å². The van der Waals surface area contributed by atoms with E-state index in [1.165, 1.54) is 11.3 Å². The van der Waals surface area contributed by atoms with Gasteiger partial charge >= 0.3 is 0 Å². The molecular formula is C12H17BrClNOS. The predicted molar refractivity (Wildman–Crippen MR) is 78.0 cm³/mol. The normalized spacial score (nSPS) is 12.8. The monoisotopic (exact) mass is 337 g/mol. The van der Waals surface area contributed by atoms with Gasteiger partial charge in [-0.3, -0.25) is 4.79 Å². The molecule has 0 saturated carbocycles. The first-order valence-electron chi connectivity index (χ1n) is 5.62. The van der Waals surface area contributed by atoms with Crippen molar-refractivity contribution in [2.75, 3.05) is 6.54 Å². The molecule has 0 aliphatic rings. The molecule has 1 aromatic heterocycles. The Morgan fingerprint density at radius 3 is 2.59 bits per heavy atom. The number of alkyl halides is 1. The highest BCUT2D eigenvalue weighted by atomic mass is 79.9. The van der Waals surface area contributed by atoms with Crippen molar-refractivity contribution in [2.45, 2.75) is 32.1 Å². The second-order valence-corrected chi connectivity index (χ2v) is 6.99. The average Bonchev–Trinajstić information content (AvgIpc) is 2.69. The second-order valence-electron chi connectivity index (χ2n) is 4.20. The summed E-state index contributed by atoms with van der Waals surface area (Å²) in [6.45, 7) is 7.41. The molecule has 0 N–H and O–H groups in total. The maximum Gasteiger partial charge on any atom is 0.236 e. The Balaban J connectivity index is 2.68. The number of rotatable bonds is 5. The van der Waals surface area contributed by atoms with Crippen molar-refractivity contribution < 1.29 is 4.79 Å². The fourth-order valence-corrected chi connectivity index (χ4v) is 2.82. The molecule has 1 atom stereocenters. The number of hydrogen-bond donors (Lipinski definition) is 0. The van der Waals surface area contributed by atoms with Crippen molar-refractivity contribution in [3.05, 3.63) is 21.3 Å². The lowest BCUT2D eigenvalue weighted by molar-refractivity contribution is -0.131. The molecule has 1 rings (SSSR count). The smallest absolute Gasteiger partial charge is 0.236 e. The van der Waals surface area contributed by atoms with Gasteiger partial charge < -0.3 is 4.90 Å². The summed E-state index contributed by atoms with van der Waals surface area (Å²) in [5, 5.41) is 0. The van der Waals surface area contributed by atoms with Crippen molar-refractivity contribution >= 4 is 44.8 Å². The summed E-state index contributed by atoms with van der Waals surface area (Å²) in [4.78, 5) is 15.0. The molecule has 0 aromatic carbocycles. The fourth-order valence-electron chi connectivity index (χ4n) is 1.43. The van der Waals surface area contributed by atoms with Crippen LogP contribution in [0.5, 0.6) is 0 Å². The SMILES string of the molecule is CCN(Cc1ccc(Cl)s1)C(=O)C(Br)C(C)C. The standard InChI is InChI=1S/C12H17BrClNOS/c1-4-15(12(16)11(13)8(2)3)7-9-5-6-10(14)17-9/h5-6,8,11H,4,7H2,1-3H3. The molecule has 2 nitrogen and oxygen atoms in total. The minimum Gasteiger partial charge on any atom is -0.337 e. The fraction of sp³-hybridized carbons (Fsp3) is 0.583. The summed E-state index contributed by atoms with van der Waals surface area (Å²) in [5.41, 5.74) is 0. The third-order valence-electron chi connectivity index (χ3n) is 2.49. The van der Waals surface area contributed by atoms with Crippen molar-refractivity contribution in [1.29, 1.82) is 0 Å². The molecule has 0 spiro atoms. The van der Waals surface area contributed by atoms with Crippen LogP contribution in [0.2, 0.25) is 4.34 Å². The van der Waals surface area contributed by atoms with Crippen LogP contribution in [0.1, 0.15) is 25.6 Å². The summed E-state index contributed by atoms with van der Waals surface area (Å²) >= 11 is 10.9. The first kappa shape index (κ1) is 15.0. The Labute approximate surface area is 120 Å². The summed E-state index contributed by atoms with van der Waals surface area (Å²) in [5.74, 6) is 0.440. The maximum absolute atomic E-state index is 12.2. The van der Waals surface area contributed by atoms with E-state index >= 15 is 0 Å². The highest BCUT2D eigenvalue weighted by molar-refractivity contribution is 9.10. The topological polar surface area (TPSA) is 20.3 Å². The van der Waals surface area contributed by atoms with E-state index in [9.17, 15) is 4.79 Å². The Morgan fingerprint density at radius 2 is 2.18 bits per heavy atom. The van der Waals surface area contributed by atoms with Gasteiger partial charge in [0.15, 0.2) is 0 Å². The van der Waals surface area contributed by atoms with Gasteiger partial charge in [-0.25, -0.2) is 0 Å². The lowest BCUT2D eigenvalue weighted by Gasteiger charge is -2.24. The van der Waals surface area contributed by atoms with E-state index in [2.05, 4.69) is 15.9 Å². The zero-order valence-electron chi connectivity index (χ0n) is 10.2. The van der Waals surface area contributed by atoms with Crippen LogP contribution in [0, 0.1) is 5.92 Å². The molecule has 0 aliphatic carbocycles. The summed E-state index contributed by atoms with van der Waals surface area (Å²) in [7, 11) is 0. The Morgan fingerprint density at radius 1 is 1.53 bits per heavy atom. The van der Waals surface area contributed by atoms with Crippen LogP contribution in [-0.2, 0) is 11.3 Å². The number of halogens is 2. The first-order chi connectivity index (χ1) is 7.95. The molecule has 0 bridgehead atoms. The highest BCUT2D eigenvalue weighted by Crippen LogP contribution is 2.24. The molecule has 1 heterocycles.